The van der Waals surface area contributed by atoms with E-state index in [0.717, 1.165) is 5.57 Å². The first kappa shape index (κ1) is 64.5. The highest BCUT2D eigenvalue weighted by atomic mass is 32.3. The number of carbonyl (C=O) groups excluding carboxylic acids is 1. The fourth-order valence-corrected chi connectivity index (χ4v) is 16.7. The number of ether oxygens (including phenoxy) is 10. The Bertz CT molecular complexity index is 2470. The van der Waals surface area contributed by atoms with E-state index in [-0.39, 0.29) is 31.1 Å². The van der Waals surface area contributed by atoms with E-state index in [2.05, 4.69) is 13.5 Å². The summed E-state index contributed by atoms with van der Waals surface area (Å²) in [5, 5.41) is 135. The first-order valence-corrected chi connectivity index (χ1v) is 29.6. The molecule has 29 atom stereocenters. The van der Waals surface area contributed by atoms with E-state index < -0.39 is 204 Å². The summed E-state index contributed by atoms with van der Waals surface area (Å²) in [6.07, 6.45) is -30.7. The van der Waals surface area contributed by atoms with Crippen molar-refractivity contribution in [1.82, 2.24) is 0 Å². The fourth-order valence-electron chi connectivity index (χ4n) is 16.2. The lowest BCUT2D eigenvalue weighted by molar-refractivity contribution is -0.389. The van der Waals surface area contributed by atoms with Gasteiger partial charge in [0.2, 0.25) is 0 Å². The molecule has 470 valence electrons. The zero-order valence-corrected chi connectivity index (χ0v) is 48.2. The van der Waals surface area contributed by atoms with Gasteiger partial charge in [0.25, 0.3) is 0 Å². The second-order valence-corrected chi connectivity index (χ2v) is 26.7. The molecule has 27 nitrogen and oxygen atoms in total. The molecule has 0 amide bonds. The van der Waals surface area contributed by atoms with E-state index in [4.69, 9.17) is 51.6 Å². The number of cyclic esters (lactones) is 1. The highest BCUT2D eigenvalue weighted by molar-refractivity contribution is 7.80. The molecule has 9 rings (SSSR count). The van der Waals surface area contributed by atoms with Gasteiger partial charge in [0.05, 0.1) is 44.2 Å². The van der Waals surface area contributed by atoms with Crippen LogP contribution in [0.25, 0.3) is 0 Å². The zero-order chi connectivity index (χ0) is 60.4. The minimum absolute atomic E-state index is 0.141. The summed E-state index contributed by atoms with van der Waals surface area (Å²) in [5.41, 5.74) is -5.61. The van der Waals surface area contributed by atoms with Crippen molar-refractivity contribution in [2.45, 2.75) is 246 Å². The van der Waals surface area contributed by atoms with E-state index in [9.17, 15) is 79.0 Å². The van der Waals surface area contributed by atoms with Gasteiger partial charge >= 0.3 is 16.4 Å². The van der Waals surface area contributed by atoms with Gasteiger partial charge in [-0.25, -0.2) is 4.18 Å². The SMILES string of the molecule is C=C(C)[C@@H](O)CC[C@]1(C)OC(=O)C23C(O)C=C4[C@@H](CCC5C(C)(C)C(OC6OCC(OS(=O)(=O)O)C(O)C6OC6OC(C)C(OC7OC(CO)C(O)C(OC8OC(CO)C(O)C(OC)C8O)C7O)C(O)C6O)CC[C@]45C)[C@]2(C)CC[C@@]31O. The molecule has 0 aromatic heterocycles. The predicted molar refractivity (Wildman–Crippen MR) is 275 cm³/mol. The molecule has 3 saturated carbocycles. The van der Waals surface area contributed by atoms with Crippen LogP contribution in [0.1, 0.15) is 99.8 Å². The van der Waals surface area contributed by atoms with Gasteiger partial charge in [-0.2, -0.15) is 8.42 Å². The molecule has 5 saturated heterocycles. The summed E-state index contributed by atoms with van der Waals surface area (Å²) < 4.78 is 97.7. The van der Waals surface area contributed by atoms with Crippen molar-refractivity contribution in [1.29, 1.82) is 0 Å². The molecule has 13 N–H and O–H groups in total. The molecule has 1 spiro atoms. The minimum Gasteiger partial charge on any atom is -0.456 e. The summed E-state index contributed by atoms with van der Waals surface area (Å²) in [4.78, 5) is 14.5. The number of allylic oxidation sites excluding steroid dienone is 1. The topological polar surface area (TPSA) is 416 Å². The standard InChI is InChI=1S/C54H86O27S/c1-22(2)26(57)12-15-52(8)53(67)17-16-51(7)24-10-11-30-49(4,5)32(13-14-50(30,6)25(24)18-31(58)54(51,53)48(66)80-52)76-47-43(35(61)29(21-72-47)81-82(68,69)70)79-44-37(63)36(62)40(23(3)73-44)77-46-39(65)42(34(60)28(20-56)75-46)78-45-38(64)41(71-9)33(59)27(19-55)74-45/h18,23-24,26-47,55-65,67H,1,10-17,19-21H2,2-9H3,(H,68,69,70)/t23?,24-,26+,27?,28?,29?,30?,31?,32?,33?,34?,35?,36?,37?,38?,39?,40?,41?,42?,43?,44?,45?,46?,47?,50-,51+,52+,53+,54?/m1/s1. The maximum Gasteiger partial charge on any atom is 0.397 e. The van der Waals surface area contributed by atoms with Crippen molar-refractivity contribution in [2.24, 2.45) is 33.5 Å². The average molecular weight is 1200 g/mol. The highest BCUT2D eigenvalue weighted by Crippen LogP contribution is 2.77. The third kappa shape index (κ3) is 10.3. The average Bonchev–Trinajstić information content (AvgIpc) is 1.45. The molecule has 82 heavy (non-hydrogen) atoms. The van der Waals surface area contributed by atoms with E-state index in [1.165, 1.54) is 14.0 Å². The monoisotopic (exact) mass is 1200 g/mol. The molecular formula is C54H86O27S. The highest BCUT2D eigenvalue weighted by Gasteiger charge is 2.85. The maximum absolute atomic E-state index is 14.5. The lowest BCUT2D eigenvalue weighted by Gasteiger charge is -2.64. The van der Waals surface area contributed by atoms with Crippen LogP contribution in [0.3, 0.4) is 0 Å². The molecule has 5 aliphatic heterocycles. The molecule has 0 bridgehead atoms. The lowest BCUT2D eigenvalue weighted by Crippen LogP contribution is -2.68. The van der Waals surface area contributed by atoms with Crippen LogP contribution in [0.5, 0.6) is 0 Å². The Morgan fingerprint density at radius 1 is 0.744 bits per heavy atom. The van der Waals surface area contributed by atoms with E-state index in [0.29, 0.717) is 37.7 Å². The summed E-state index contributed by atoms with van der Waals surface area (Å²) >= 11 is 0. The number of aliphatic hydroxyl groups is 12. The number of hydrogen-bond acceptors (Lipinski definition) is 26. The van der Waals surface area contributed by atoms with Crippen molar-refractivity contribution in [2.75, 3.05) is 26.9 Å². The summed E-state index contributed by atoms with van der Waals surface area (Å²) in [7, 11) is -4.03. The third-order valence-electron chi connectivity index (χ3n) is 20.8. The van der Waals surface area contributed by atoms with E-state index in [1.807, 2.05) is 20.8 Å². The fraction of sp³-hybridized carbons (Fsp3) is 0.907. The number of carbonyl (C=O) groups is 1. The summed E-state index contributed by atoms with van der Waals surface area (Å²) in [6, 6.07) is 0. The van der Waals surface area contributed by atoms with Crippen LogP contribution in [-0.4, -0.2) is 253 Å². The van der Waals surface area contributed by atoms with Crippen LogP contribution in [0.2, 0.25) is 0 Å². The lowest BCUT2D eigenvalue weighted by atomic mass is 9.40. The number of hydrogen-bond donors (Lipinski definition) is 13. The number of aliphatic hydroxyl groups excluding tert-OH is 11. The smallest absolute Gasteiger partial charge is 0.397 e. The van der Waals surface area contributed by atoms with Gasteiger partial charge in [-0.15, -0.1) is 0 Å². The molecule has 0 aromatic carbocycles. The molecule has 0 aromatic rings. The summed E-state index contributed by atoms with van der Waals surface area (Å²) in [6.45, 7) is 14.5. The molecule has 4 aliphatic carbocycles. The number of rotatable bonds is 17. The summed E-state index contributed by atoms with van der Waals surface area (Å²) in [5.74, 6) is -1.06. The second-order valence-electron chi connectivity index (χ2n) is 25.6. The largest absolute Gasteiger partial charge is 0.456 e. The van der Waals surface area contributed by atoms with Crippen LogP contribution < -0.4 is 0 Å². The molecule has 5 heterocycles. The zero-order valence-electron chi connectivity index (χ0n) is 47.4. The maximum atomic E-state index is 14.5. The van der Waals surface area contributed by atoms with Crippen molar-refractivity contribution >= 4 is 16.4 Å². The van der Waals surface area contributed by atoms with Crippen LogP contribution in [-0.2, 0) is 66.7 Å². The Balaban J connectivity index is 0.913. The quantitative estimate of drug-likeness (QED) is 0.0310. The minimum atomic E-state index is -5.20. The molecule has 23 unspecified atom stereocenters. The van der Waals surface area contributed by atoms with Gasteiger partial charge in [-0.3, -0.25) is 9.35 Å². The first-order valence-electron chi connectivity index (χ1n) is 28.3. The molecule has 28 heteroatoms. The van der Waals surface area contributed by atoms with Crippen LogP contribution in [0.15, 0.2) is 23.8 Å². The van der Waals surface area contributed by atoms with Crippen LogP contribution in [0, 0.1) is 33.5 Å². The van der Waals surface area contributed by atoms with Gasteiger partial charge in [-0.05, 0) is 100 Å². The number of fused-ring (bicyclic) bond motifs is 4. The Morgan fingerprint density at radius 2 is 1.33 bits per heavy atom. The second kappa shape index (κ2) is 23.2. The Hall–Kier alpha value is -2.02. The van der Waals surface area contributed by atoms with Crippen molar-refractivity contribution < 1.29 is 131 Å². The van der Waals surface area contributed by atoms with E-state index >= 15 is 0 Å². The molecule has 9 aliphatic rings. The Morgan fingerprint density at radius 3 is 1.93 bits per heavy atom. The third-order valence-corrected chi connectivity index (χ3v) is 21.3. The van der Waals surface area contributed by atoms with Crippen molar-refractivity contribution in [3.8, 4) is 0 Å². The van der Waals surface area contributed by atoms with Gasteiger partial charge in [-0.1, -0.05) is 51.5 Å². The molecule has 8 fully saturated rings. The van der Waals surface area contributed by atoms with Crippen molar-refractivity contribution in [3.05, 3.63) is 23.8 Å². The van der Waals surface area contributed by atoms with Crippen LogP contribution in [0.4, 0.5) is 0 Å². The van der Waals surface area contributed by atoms with Gasteiger partial charge < -0.3 is 109 Å². The first-order chi connectivity index (χ1) is 38.2. The van der Waals surface area contributed by atoms with Gasteiger partial charge in [0, 0.05) is 7.11 Å². The predicted octanol–water partition coefficient (Wildman–Crippen LogP) is -2.50. The normalized spacial score (nSPS) is 51.5. The number of methoxy groups -OCH3 is 1. The Kier molecular flexibility index (Phi) is 18.2. The van der Waals surface area contributed by atoms with Crippen LogP contribution >= 0.6 is 0 Å². The number of esters is 1. The van der Waals surface area contributed by atoms with Gasteiger partial charge in [0.15, 0.2) is 25.2 Å². The van der Waals surface area contributed by atoms with Gasteiger partial charge in [0.1, 0.15) is 102 Å². The van der Waals surface area contributed by atoms with Crippen molar-refractivity contribution in [3.63, 3.8) is 0 Å². The van der Waals surface area contributed by atoms with E-state index in [1.54, 1.807) is 19.9 Å². The molecular weight excluding hydrogens is 1110 g/mol. The molecule has 0 radical (unpaired) electrons. The Labute approximate surface area is 475 Å².